The number of hydrogen-bond donors (Lipinski definition) is 0. The highest BCUT2D eigenvalue weighted by molar-refractivity contribution is 6.20. The molecule has 16 rings (SSSR count). The molecule has 0 N–H and O–H groups in total. The first-order valence-corrected chi connectivity index (χ1v) is 26.1. The van der Waals surface area contributed by atoms with E-state index in [1.165, 1.54) is 127 Å². The van der Waals surface area contributed by atoms with Gasteiger partial charge in [-0.05, 0) is 149 Å². The molecule has 13 aromatic carbocycles. The van der Waals surface area contributed by atoms with E-state index in [-0.39, 0.29) is 0 Å². The van der Waals surface area contributed by atoms with Crippen molar-refractivity contribution < 1.29 is 0 Å². The lowest BCUT2D eigenvalue weighted by Gasteiger charge is -2.34. The van der Waals surface area contributed by atoms with Crippen molar-refractivity contribution >= 4 is 71.2 Å². The molecule has 2 heteroatoms. The van der Waals surface area contributed by atoms with Crippen molar-refractivity contribution in [1.29, 1.82) is 0 Å². The second-order valence-corrected chi connectivity index (χ2v) is 20.4. The summed E-state index contributed by atoms with van der Waals surface area (Å²) in [6.45, 7) is 0. The van der Waals surface area contributed by atoms with Crippen LogP contribution in [-0.2, 0) is 5.41 Å². The fraction of sp³-hybridized carbons (Fsp3) is 0.0137. The van der Waals surface area contributed by atoms with E-state index >= 15 is 0 Å². The minimum absolute atomic E-state index is 0.609. The zero-order valence-electron chi connectivity index (χ0n) is 41.0. The monoisotopic (exact) mass is 950 g/mol. The fourth-order valence-electron chi connectivity index (χ4n) is 13.2. The first-order chi connectivity index (χ1) is 37.2. The fourth-order valence-corrected chi connectivity index (χ4v) is 13.2. The molecule has 75 heavy (non-hydrogen) atoms. The maximum Gasteiger partial charge on any atom is 0.0715 e. The van der Waals surface area contributed by atoms with Crippen molar-refractivity contribution in [2.24, 2.45) is 0 Å². The van der Waals surface area contributed by atoms with Crippen molar-refractivity contribution in [2.75, 3.05) is 4.90 Å². The molecule has 0 spiro atoms. The molecule has 1 aliphatic carbocycles. The van der Waals surface area contributed by atoms with Crippen LogP contribution in [0.15, 0.2) is 279 Å². The topological polar surface area (TPSA) is 8.17 Å². The summed E-state index contributed by atoms with van der Waals surface area (Å²) >= 11 is 0. The van der Waals surface area contributed by atoms with Gasteiger partial charge in [-0.3, -0.25) is 0 Å². The van der Waals surface area contributed by atoms with Crippen LogP contribution in [0, 0.1) is 0 Å². The van der Waals surface area contributed by atoms with Crippen molar-refractivity contribution in [3.05, 3.63) is 301 Å². The molecule has 0 saturated heterocycles. The second kappa shape index (κ2) is 16.1. The number of rotatable bonds is 7. The van der Waals surface area contributed by atoms with Gasteiger partial charge in [-0.25, -0.2) is 0 Å². The normalized spacial score (nSPS) is 12.9. The Morgan fingerprint density at radius 2 is 0.840 bits per heavy atom. The summed E-state index contributed by atoms with van der Waals surface area (Å²) in [4.78, 5) is 2.43. The van der Waals surface area contributed by atoms with Gasteiger partial charge in [0.2, 0.25) is 0 Å². The van der Waals surface area contributed by atoms with Crippen LogP contribution in [0.1, 0.15) is 22.3 Å². The Morgan fingerprint density at radius 1 is 0.293 bits per heavy atom. The summed E-state index contributed by atoms with van der Waals surface area (Å²) in [6, 6.07) is 104. The smallest absolute Gasteiger partial charge is 0.0715 e. The average Bonchev–Trinajstić information content (AvgIpc) is 4.05. The molecule has 0 saturated carbocycles. The van der Waals surface area contributed by atoms with Crippen LogP contribution in [0.5, 0.6) is 0 Å². The standard InChI is InChI=1S/C73H46N2/c1-2-14-47(15-3-1)50-30-36-57(37-31-50)74(58-38-32-52(33-39-58)61-24-12-21-51-18-8-9-22-60(51)61)59-40-43-69-65(46-59)64-41-42-67-71-70-63(62-23-10-11-27-68(62)75(69)72(64)71)25-13-26-66(70)73(67,55-34-28-48-16-4-6-19-53(48)44-55)56-35-29-49-17-5-7-20-54(49)45-56/h1-46H. The van der Waals surface area contributed by atoms with E-state index in [1.54, 1.807) is 0 Å². The van der Waals surface area contributed by atoms with Crippen LogP contribution in [-0.4, -0.2) is 4.57 Å². The van der Waals surface area contributed by atoms with Crippen LogP contribution in [0.2, 0.25) is 0 Å². The molecule has 2 heterocycles. The summed E-state index contributed by atoms with van der Waals surface area (Å²) in [7, 11) is 0. The Labute approximate surface area is 435 Å². The third-order valence-corrected chi connectivity index (χ3v) is 16.6. The molecule has 1 aliphatic heterocycles. The van der Waals surface area contributed by atoms with Gasteiger partial charge >= 0.3 is 0 Å². The molecule has 0 amide bonds. The molecule has 14 aromatic rings. The number of para-hydroxylation sites is 1. The predicted octanol–water partition coefficient (Wildman–Crippen LogP) is 19.4. The summed E-state index contributed by atoms with van der Waals surface area (Å²) in [5, 5.41) is 9.91. The van der Waals surface area contributed by atoms with E-state index in [0.717, 1.165) is 17.1 Å². The highest BCUT2D eigenvalue weighted by Crippen LogP contribution is 2.62. The first-order valence-electron chi connectivity index (χ1n) is 26.1. The van der Waals surface area contributed by atoms with Crippen molar-refractivity contribution in [2.45, 2.75) is 5.41 Å². The van der Waals surface area contributed by atoms with E-state index in [4.69, 9.17) is 0 Å². The molecule has 348 valence electrons. The number of benzene rings is 13. The lowest BCUT2D eigenvalue weighted by molar-refractivity contribution is 0.772. The summed E-state index contributed by atoms with van der Waals surface area (Å²) in [5.41, 5.74) is 21.4. The summed E-state index contributed by atoms with van der Waals surface area (Å²) in [5.74, 6) is 0. The summed E-state index contributed by atoms with van der Waals surface area (Å²) < 4.78 is 2.58. The van der Waals surface area contributed by atoms with Gasteiger partial charge in [-0.2, -0.15) is 0 Å². The molecule has 1 aromatic heterocycles. The van der Waals surface area contributed by atoms with E-state index in [1.807, 2.05) is 0 Å². The van der Waals surface area contributed by atoms with E-state index in [2.05, 4.69) is 289 Å². The highest BCUT2D eigenvalue weighted by atomic mass is 15.1. The van der Waals surface area contributed by atoms with Gasteiger partial charge in [0.1, 0.15) is 0 Å². The van der Waals surface area contributed by atoms with Crippen LogP contribution in [0.25, 0.3) is 104 Å². The molecule has 0 bridgehead atoms. The second-order valence-electron chi connectivity index (χ2n) is 20.4. The Bertz CT molecular complexity index is 4550. The van der Waals surface area contributed by atoms with Crippen molar-refractivity contribution in [1.82, 2.24) is 4.57 Å². The van der Waals surface area contributed by atoms with Crippen molar-refractivity contribution in [3.8, 4) is 50.2 Å². The summed E-state index contributed by atoms with van der Waals surface area (Å²) in [6.07, 6.45) is 0. The zero-order chi connectivity index (χ0) is 49.2. The number of nitrogens with zero attached hydrogens (tertiary/aromatic N) is 2. The quantitative estimate of drug-likeness (QED) is 0.155. The zero-order valence-corrected chi connectivity index (χ0v) is 41.0. The maximum atomic E-state index is 2.58. The van der Waals surface area contributed by atoms with Gasteiger partial charge in [-0.1, -0.05) is 218 Å². The lowest BCUT2D eigenvalue weighted by atomic mass is 9.67. The van der Waals surface area contributed by atoms with Crippen LogP contribution in [0.3, 0.4) is 0 Å². The van der Waals surface area contributed by atoms with E-state index in [9.17, 15) is 0 Å². The molecule has 0 radical (unpaired) electrons. The van der Waals surface area contributed by atoms with Crippen LogP contribution >= 0.6 is 0 Å². The Hall–Kier alpha value is -9.76. The first kappa shape index (κ1) is 41.8. The minimum Gasteiger partial charge on any atom is -0.310 e. The molecule has 2 nitrogen and oxygen atoms in total. The van der Waals surface area contributed by atoms with Crippen LogP contribution in [0.4, 0.5) is 17.1 Å². The molecular weight excluding hydrogens is 905 g/mol. The lowest BCUT2D eigenvalue weighted by Crippen LogP contribution is -2.28. The van der Waals surface area contributed by atoms with Gasteiger partial charge in [0.25, 0.3) is 0 Å². The third kappa shape index (κ3) is 6.08. The number of anilines is 3. The van der Waals surface area contributed by atoms with Crippen LogP contribution < -0.4 is 4.90 Å². The third-order valence-electron chi connectivity index (χ3n) is 16.6. The molecule has 0 atom stereocenters. The van der Waals surface area contributed by atoms with Gasteiger partial charge in [0.15, 0.2) is 0 Å². The van der Waals surface area contributed by atoms with Gasteiger partial charge in [0.05, 0.1) is 22.1 Å². The van der Waals surface area contributed by atoms with Crippen molar-refractivity contribution in [3.63, 3.8) is 0 Å². The minimum atomic E-state index is -0.609. The predicted molar refractivity (Wildman–Crippen MR) is 315 cm³/mol. The Balaban J connectivity index is 0.953. The number of hydrogen-bond acceptors (Lipinski definition) is 1. The van der Waals surface area contributed by atoms with Gasteiger partial charge in [0, 0.05) is 39.0 Å². The Morgan fingerprint density at radius 3 is 1.57 bits per heavy atom. The maximum absolute atomic E-state index is 2.58. The van der Waals surface area contributed by atoms with E-state index < -0.39 is 5.41 Å². The largest absolute Gasteiger partial charge is 0.310 e. The van der Waals surface area contributed by atoms with Gasteiger partial charge in [-0.15, -0.1) is 0 Å². The highest BCUT2D eigenvalue weighted by Gasteiger charge is 2.49. The molecule has 0 fully saturated rings. The molecule has 2 aliphatic rings. The average molecular weight is 951 g/mol. The Kier molecular flexibility index (Phi) is 8.99. The van der Waals surface area contributed by atoms with Gasteiger partial charge < -0.3 is 9.47 Å². The number of aromatic nitrogens is 1. The number of fused-ring (bicyclic) bond motifs is 9. The molecular formula is C73H46N2. The molecule has 0 unspecified atom stereocenters. The SMILES string of the molecule is c1ccc(-c2ccc(N(c3ccc(-c4cccc5ccccc45)cc3)c3ccc4c(c3)c3ccc5c6c3n4-c3ccccc3-c3cccc(c3-6)C5(c3ccc4ccccc4c3)c3ccc4ccccc4c3)cc2)cc1. The van der Waals surface area contributed by atoms with E-state index in [0.29, 0.717) is 0 Å².